The minimum atomic E-state index is -0.343. The zero-order chi connectivity index (χ0) is 26.5. The van der Waals surface area contributed by atoms with Crippen LogP contribution in [0.5, 0.6) is 0 Å². The van der Waals surface area contributed by atoms with Crippen LogP contribution in [-0.2, 0) is 22.6 Å². The summed E-state index contributed by atoms with van der Waals surface area (Å²) in [6.07, 6.45) is -0.258. The first-order valence-electron chi connectivity index (χ1n) is 12.7. The summed E-state index contributed by atoms with van der Waals surface area (Å²) < 4.78 is 13.7. The molecule has 1 unspecified atom stereocenters. The van der Waals surface area contributed by atoms with Crippen LogP contribution in [0.4, 0.5) is 0 Å². The molecule has 5 rings (SSSR count). The van der Waals surface area contributed by atoms with Crippen LogP contribution in [0.3, 0.4) is 0 Å². The Morgan fingerprint density at radius 1 is 0.921 bits per heavy atom. The minimum absolute atomic E-state index is 0.258. The van der Waals surface area contributed by atoms with Gasteiger partial charge in [-0.05, 0) is 60.4 Å². The third-order valence-corrected chi connectivity index (χ3v) is 6.87. The standard InChI is InChI=1S/C32H29ClN2O3/c1-3-37-32(36)26-16-17-29-30(19-26)35(22(2)34-29)20-27-15-14-25(18-28(27)33)31(24-12-8-5-9-13-24)38-21-23-10-6-4-7-11-23/h4-19,31H,3,20-21H2,1-2H3. The van der Waals surface area contributed by atoms with Crippen molar-refractivity contribution in [3.8, 4) is 0 Å². The molecule has 0 spiro atoms. The molecule has 6 heteroatoms. The van der Waals surface area contributed by atoms with Gasteiger partial charge in [-0.3, -0.25) is 0 Å². The number of hydrogen-bond donors (Lipinski definition) is 0. The van der Waals surface area contributed by atoms with Gasteiger partial charge < -0.3 is 14.0 Å². The monoisotopic (exact) mass is 524 g/mol. The van der Waals surface area contributed by atoms with E-state index in [4.69, 9.17) is 21.1 Å². The maximum absolute atomic E-state index is 12.3. The summed E-state index contributed by atoms with van der Waals surface area (Å²) in [7, 11) is 0. The molecule has 0 aliphatic rings. The predicted molar refractivity (Wildman–Crippen MR) is 150 cm³/mol. The molecule has 0 fully saturated rings. The van der Waals surface area contributed by atoms with Crippen LogP contribution < -0.4 is 0 Å². The molecule has 1 atom stereocenters. The van der Waals surface area contributed by atoms with Crippen molar-refractivity contribution < 1.29 is 14.3 Å². The molecule has 1 heterocycles. The van der Waals surface area contributed by atoms with Gasteiger partial charge in [-0.25, -0.2) is 9.78 Å². The van der Waals surface area contributed by atoms with Gasteiger partial charge >= 0.3 is 5.97 Å². The molecule has 192 valence electrons. The Balaban J connectivity index is 1.44. The van der Waals surface area contributed by atoms with Crippen LogP contribution >= 0.6 is 11.6 Å². The number of aromatic nitrogens is 2. The van der Waals surface area contributed by atoms with Crippen LogP contribution in [0.25, 0.3) is 11.0 Å². The highest BCUT2D eigenvalue weighted by Crippen LogP contribution is 2.31. The molecular formula is C32H29ClN2O3. The summed E-state index contributed by atoms with van der Waals surface area (Å²) in [5, 5.41) is 0.648. The van der Waals surface area contributed by atoms with Gasteiger partial charge in [0.2, 0.25) is 0 Å². The van der Waals surface area contributed by atoms with Crippen molar-refractivity contribution in [1.29, 1.82) is 0 Å². The van der Waals surface area contributed by atoms with E-state index >= 15 is 0 Å². The van der Waals surface area contributed by atoms with E-state index < -0.39 is 0 Å². The van der Waals surface area contributed by atoms with E-state index in [1.165, 1.54) is 0 Å². The van der Waals surface area contributed by atoms with E-state index in [9.17, 15) is 4.79 Å². The second kappa shape index (κ2) is 11.6. The predicted octanol–water partition coefficient (Wildman–Crippen LogP) is 7.53. The third-order valence-electron chi connectivity index (χ3n) is 6.52. The molecule has 0 aliphatic carbocycles. The second-order valence-electron chi connectivity index (χ2n) is 9.11. The lowest BCUT2D eigenvalue weighted by molar-refractivity contribution is 0.0526. The minimum Gasteiger partial charge on any atom is -0.462 e. The van der Waals surface area contributed by atoms with Gasteiger partial charge in [-0.15, -0.1) is 0 Å². The number of carbonyl (C=O) groups is 1. The number of rotatable bonds is 9. The Morgan fingerprint density at radius 3 is 2.37 bits per heavy atom. The van der Waals surface area contributed by atoms with Crippen LogP contribution in [0, 0.1) is 6.92 Å². The molecule has 4 aromatic carbocycles. The number of fused-ring (bicyclic) bond motifs is 1. The molecule has 0 saturated carbocycles. The maximum atomic E-state index is 12.3. The first kappa shape index (κ1) is 25.7. The molecule has 0 aliphatic heterocycles. The van der Waals surface area contributed by atoms with Gasteiger partial charge in [0, 0.05) is 5.02 Å². The van der Waals surface area contributed by atoms with Gasteiger partial charge in [0.1, 0.15) is 11.9 Å². The number of benzene rings is 4. The van der Waals surface area contributed by atoms with E-state index in [1.807, 2.05) is 67.6 Å². The fourth-order valence-corrected chi connectivity index (χ4v) is 4.82. The van der Waals surface area contributed by atoms with Crippen molar-refractivity contribution in [1.82, 2.24) is 9.55 Å². The number of imidazole rings is 1. The number of halogens is 1. The SMILES string of the molecule is CCOC(=O)c1ccc2nc(C)n(Cc3ccc(C(OCc4ccccc4)c4ccccc4)cc3Cl)c2c1. The number of ether oxygens (including phenoxy) is 2. The molecule has 5 aromatic rings. The highest BCUT2D eigenvalue weighted by molar-refractivity contribution is 6.31. The Bertz CT molecular complexity index is 1550. The summed E-state index contributed by atoms with van der Waals surface area (Å²) in [5.74, 6) is 0.499. The first-order chi connectivity index (χ1) is 18.5. The van der Waals surface area contributed by atoms with Gasteiger partial charge in [-0.1, -0.05) is 84.4 Å². The van der Waals surface area contributed by atoms with E-state index in [-0.39, 0.29) is 12.1 Å². The molecule has 0 N–H and O–H groups in total. The zero-order valence-electron chi connectivity index (χ0n) is 21.4. The van der Waals surface area contributed by atoms with Crippen LogP contribution in [0.1, 0.15) is 51.5 Å². The lowest BCUT2D eigenvalue weighted by atomic mass is 10.00. The van der Waals surface area contributed by atoms with Crippen molar-refractivity contribution in [2.75, 3.05) is 6.61 Å². The summed E-state index contributed by atoms with van der Waals surface area (Å²) in [6.45, 7) is 5.09. The fraction of sp³-hybridized carbons (Fsp3) is 0.188. The van der Waals surface area contributed by atoms with Gasteiger partial charge in [0.05, 0.1) is 36.4 Å². The van der Waals surface area contributed by atoms with Crippen molar-refractivity contribution in [3.63, 3.8) is 0 Å². The first-order valence-corrected chi connectivity index (χ1v) is 13.0. The molecular weight excluding hydrogens is 496 g/mol. The molecule has 5 nitrogen and oxygen atoms in total. The second-order valence-corrected chi connectivity index (χ2v) is 9.51. The number of aryl methyl sites for hydroxylation is 1. The lowest BCUT2D eigenvalue weighted by Gasteiger charge is -2.20. The quantitative estimate of drug-likeness (QED) is 0.187. The molecule has 38 heavy (non-hydrogen) atoms. The van der Waals surface area contributed by atoms with Crippen LogP contribution in [-0.4, -0.2) is 22.1 Å². The van der Waals surface area contributed by atoms with Crippen molar-refractivity contribution >= 4 is 28.6 Å². The average Bonchev–Trinajstić information content (AvgIpc) is 3.25. The summed E-state index contributed by atoms with van der Waals surface area (Å²) >= 11 is 6.86. The Morgan fingerprint density at radius 2 is 1.66 bits per heavy atom. The molecule has 1 aromatic heterocycles. The summed E-state index contributed by atoms with van der Waals surface area (Å²) in [5.41, 5.74) is 6.30. The van der Waals surface area contributed by atoms with E-state index in [0.29, 0.717) is 30.3 Å². The van der Waals surface area contributed by atoms with Gasteiger partial charge in [0.25, 0.3) is 0 Å². The molecule has 0 amide bonds. The highest BCUT2D eigenvalue weighted by atomic mass is 35.5. The topological polar surface area (TPSA) is 53.3 Å². The van der Waals surface area contributed by atoms with Crippen molar-refractivity contribution in [2.24, 2.45) is 0 Å². The Hall–Kier alpha value is -3.93. The smallest absolute Gasteiger partial charge is 0.338 e. The Labute approximate surface area is 227 Å². The third kappa shape index (κ3) is 5.64. The maximum Gasteiger partial charge on any atom is 0.338 e. The fourth-order valence-electron chi connectivity index (χ4n) is 4.58. The average molecular weight is 525 g/mol. The number of nitrogens with zero attached hydrogens (tertiary/aromatic N) is 2. The van der Waals surface area contributed by atoms with Gasteiger partial charge in [0.15, 0.2) is 0 Å². The van der Waals surface area contributed by atoms with E-state index in [0.717, 1.165) is 39.1 Å². The highest BCUT2D eigenvalue weighted by Gasteiger charge is 2.18. The van der Waals surface area contributed by atoms with E-state index in [1.54, 1.807) is 13.0 Å². The summed E-state index contributed by atoms with van der Waals surface area (Å²) in [6, 6.07) is 31.8. The van der Waals surface area contributed by atoms with Crippen molar-refractivity contribution in [2.45, 2.75) is 33.1 Å². The summed E-state index contributed by atoms with van der Waals surface area (Å²) in [4.78, 5) is 17.0. The molecule has 0 saturated heterocycles. The number of carbonyl (C=O) groups excluding carboxylic acids is 1. The van der Waals surface area contributed by atoms with Gasteiger partial charge in [-0.2, -0.15) is 0 Å². The molecule has 0 radical (unpaired) electrons. The van der Waals surface area contributed by atoms with Crippen LogP contribution in [0.15, 0.2) is 97.1 Å². The van der Waals surface area contributed by atoms with E-state index in [2.05, 4.69) is 39.9 Å². The zero-order valence-corrected chi connectivity index (χ0v) is 22.2. The lowest BCUT2D eigenvalue weighted by Crippen LogP contribution is -2.08. The number of hydrogen-bond acceptors (Lipinski definition) is 4. The van der Waals surface area contributed by atoms with Crippen molar-refractivity contribution in [3.05, 3.63) is 136 Å². The normalized spacial score (nSPS) is 12.0. The largest absolute Gasteiger partial charge is 0.462 e. The Kier molecular flexibility index (Phi) is 7.87. The number of esters is 1. The van der Waals surface area contributed by atoms with Crippen LogP contribution in [0.2, 0.25) is 5.02 Å². The molecule has 0 bridgehead atoms.